The monoisotopic (exact) mass is 210 g/mol. The largest absolute Gasteiger partial charge is 0.481 e. The van der Waals surface area contributed by atoms with E-state index in [9.17, 15) is 4.79 Å². The number of aromatic nitrogens is 1. The summed E-state index contributed by atoms with van der Waals surface area (Å²) in [6, 6.07) is 0.233. The van der Waals surface area contributed by atoms with Crippen LogP contribution in [-0.2, 0) is 11.2 Å². The Morgan fingerprint density at radius 2 is 2.53 bits per heavy atom. The third kappa shape index (κ3) is 2.18. The summed E-state index contributed by atoms with van der Waals surface area (Å²) in [5.41, 5.74) is 0.865. The molecule has 1 aliphatic heterocycles. The molecule has 1 fully saturated rings. The molecule has 1 saturated heterocycles. The minimum absolute atomic E-state index is 0.145. The summed E-state index contributed by atoms with van der Waals surface area (Å²) in [4.78, 5) is 14.7. The molecule has 1 aliphatic rings. The Labute approximate surface area is 87.5 Å². The van der Waals surface area contributed by atoms with Gasteiger partial charge in [0.1, 0.15) is 12.2 Å². The van der Waals surface area contributed by atoms with Gasteiger partial charge in [-0.2, -0.15) is 0 Å². The van der Waals surface area contributed by atoms with E-state index in [1.54, 1.807) is 0 Å². The number of carboxylic acids is 1. The van der Waals surface area contributed by atoms with Crippen LogP contribution in [-0.4, -0.2) is 22.6 Å². The lowest BCUT2D eigenvalue weighted by molar-refractivity contribution is -0.136. The smallest absolute Gasteiger partial charge is 0.312 e. The molecular weight excluding hydrogens is 196 g/mol. The van der Waals surface area contributed by atoms with Crippen LogP contribution < -0.4 is 5.32 Å². The van der Waals surface area contributed by atoms with Crippen LogP contribution in [0.15, 0.2) is 4.42 Å². The lowest BCUT2D eigenvalue weighted by Gasteiger charge is -2.05. The molecule has 5 heteroatoms. The van der Waals surface area contributed by atoms with Crippen LogP contribution in [0.25, 0.3) is 0 Å². The Balaban J connectivity index is 2.17. The van der Waals surface area contributed by atoms with E-state index in [1.807, 2.05) is 6.92 Å². The number of aryl methyl sites for hydroxylation is 1. The Bertz CT molecular complexity index is 367. The minimum atomic E-state index is -0.915. The number of nitrogens with zero attached hydrogens (tertiary/aromatic N) is 1. The molecule has 0 radical (unpaired) electrons. The van der Waals surface area contributed by atoms with E-state index in [0.717, 1.165) is 30.8 Å². The maximum atomic E-state index is 10.5. The molecule has 15 heavy (non-hydrogen) atoms. The van der Waals surface area contributed by atoms with Gasteiger partial charge >= 0.3 is 5.97 Å². The van der Waals surface area contributed by atoms with Gasteiger partial charge < -0.3 is 14.8 Å². The van der Waals surface area contributed by atoms with E-state index in [2.05, 4.69) is 10.3 Å². The van der Waals surface area contributed by atoms with Gasteiger partial charge in [-0.25, -0.2) is 4.98 Å². The van der Waals surface area contributed by atoms with Crippen molar-refractivity contribution >= 4 is 5.97 Å². The zero-order valence-corrected chi connectivity index (χ0v) is 8.62. The van der Waals surface area contributed by atoms with Crippen molar-refractivity contribution in [1.29, 1.82) is 0 Å². The van der Waals surface area contributed by atoms with Crippen molar-refractivity contribution in [3.8, 4) is 0 Å². The van der Waals surface area contributed by atoms with Crippen molar-refractivity contribution in [2.75, 3.05) is 6.54 Å². The number of nitrogens with one attached hydrogen (secondary N) is 1. The average Bonchev–Trinajstić information content (AvgIpc) is 2.72. The number of aliphatic carboxylic acids is 1. The second kappa shape index (κ2) is 4.02. The fraction of sp³-hybridized carbons (Fsp3) is 0.600. The molecule has 0 spiro atoms. The summed E-state index contributed by atoms with van der Waals surface area (Å²) >= 11 is 0. The molecule has 1 unspecified atom stereocenters. The van der Waals surface area contributed by atoms with Crippen LogP contribution in [0.1, 0.15) is 36.2 Å². The molecule has 2 rings (SSSR count). The van der Waals surface area contributed by atoms with E-state index in [-0.39, 0.29) is 12.5 Å². The second-order valence-corrected chi connectivity index (χ2v) is 3.77. The third-order valence-electron chi connectivity index (χ3n) is 2.57. The first-order chi connectivity index (χ1) is 7.16. The van der Waals surface area contributed by atoms with E-state index in [0.29, 0.717) is 5.89 Å². The molecule has 82 valence electrons. The van der Waals surface area contributed by atoms with Gasteiger partial charge in [0.25, 0.3) is 0 Å². The van der Waals surface area contributed by atoms with Crippen LogP contribution in [0.2, 0.25) is 0 Å². The zero-order valence-electron chi connectivity index (χ0n) is 8.62. The number of oxazole rings is 1. The lowest BCUT2D eigenvalue weighted by atomic mass is 10.1. The molecule has 2 N–H and O–H groups in total. The number of carboxylic acid groups (broad SMARTS) is 1. The minimum Gasteiger partial charge on any atom is -0.481 e. The fourth-order valence-corrected chi connectivity index (χ4v) is 1.91. The van der Waals surface area contributed by atoms with Gasteiger partial charge in [-0.05, 0) is 26.3 Å². The summed E-state index contributed by atoms with van der Waals surface area (Å²) in [5, 5.41) is 11.9. The van der Waals surface area contributed by atoms with Crippen molar-refractivity contribution in [2.45, 2.75) is 32.2 Å². The van der Waals surface area contributed by atoms with Gasteiger partial charge in [0, 0.05) is 0 Å². The van der Waals surface area contributed by atoms with Crippen LogP contribution in [0, 0.1) is 6.92 Å². The Morgan fingerprint density at radius 3 is 3.13 bits per heavy atom. The molecule has 0 aliphatic carbocycles. The molecule has 0 amide bonds. The molecule has 0 bridgehead atoms. The highest BCUT2D eigenvalue weighted by atomic mass is 16.4. The van der Waals surface area contributed by atoms with E-state index in [1.165, 1.54) is 0 Å². The van der Waals surface area contributed by atoms with Gasteiger partial charge in [0.15, 0.2) is 0 Å². The quantitative estimate of drug-likeness (QED) is 0.779. The van der Waals surface area contributed by atoms with Crippen molar-refractivity contribution < 1.29 is 14.3 Å². The summed E-state index contributed by atoms with van der Waals surface area (Å²) in [6.45, 7) is 2.82. The topological polar surface area (TPSA) is 75.4 Å². The second-order valence-electron chi connectivity index (χ2n) is 3.77. The molecule has 0 saturated carbocycles. The van der Waals surface area contributed by atoms with E-state index < -0.39 is 5.97 Å². The summed E-state index contributed by atoms with van der Waals surface area (Å²) in [5.74, 6) is 0.108. The molecular formula is C10H14N2O3. The SMILES string of the molecule is Cc1oc(CC(=O)O)nc1C1CCCN1. The molecule has 0 aromatic carbocycles. The summed E-state index contributed by atoms with van der Waals surface area (Å²) in [6.07, 6.45) is 2.03. The number of rotatable bonds is 3. The molecule has 1 aromatic rings. The first kappa shape index (κ1) is 10.2. The number of carbonyl (C=O) groups is 1. The van der Waals surface area contributed by atoms with E-state index >= 15 is 0 Å². The van der Waals surface area contributed by atoms with Crippen molar-refractivity contribution in [3.63, 3.8) is 0 Å². The fourth-order valence-electron chi connectivity index (χ4n) is 1.91. The number of hydrogen-bond donors (Lipinski definition) is 2. The normalized spacial score (nSPS) is 20.7. The van der Waals surface area contributed by atoms with Gasteiger partial charge in [-0.1, -0.05) is 0 Å². The Hall–Kier alpha value is -1.36. The molecule has 1 atom stereocenters. The molecule has 5 nitrogen and oxygen atoms in total. The Kier molecular flexibility index (Phi) is 2.73. The maximum absolute atomic E-state index is 10.5. The van der Waals surface area contributed by atoms with Gasteiger partial charge in [0.05, 0.1) is 11.7 Å². The van der Waals surface area contributed by atoms with Gasteiger partial charge in [-0.15, -0.1) is 0 Å². The summed E-state index contributed by atoms with van der Waals surface area (Å²) in [7, 11) is 0. The highest BCUT2D eigenvalue weighted by molar-refractivity contribution is 5.68. The summed E-state index contributed by atoms with van der Waals surface area (Å²) < 4.78 is 5.31. The molecule has 1 aromatic heterocycles. The van der Waals surface area contributed by atoms with Crippen LogP contribution in [0.4, 0.5) is 0 Å². The number of hydrogen-bond acceptors (Lipinski definition) is 4. The lowest BCUT2D eigenvalue weighted by Crippen LogP contribution is -2.14. The maximum Gasteiger partial charge on any atom is 0.312 e. The van der Waals surface area contributed by atoms with Crippen molar-refractivity contribution in [1.82, 2.24) is 10.3 Å². The highest BCUT2D eigenvalue weighted by Gasteiger charge is 2.23. The van der Waals surface area contributed by atoms with Gasteiger partial charge in [-0.3, -0.25) is 4.79 Å². The standard InChI is InChI=1S/C10H14N2O3/c1-6-10(7-3-2-4-11-7)12-8(15-6)5-9(13)14/h7,11H,2-5H2,1H3,(H,13,14). The van der Waals surface area contributed by atoms with Crippen molar-refractivity contribution in [2.24, 2.45) is 0 Å². The predicted octanol–water partition coefficient (Wildman–Crippen LogP) is 1.03. The molecule has 2 heterocycles. The van der Waals surface area contributed by atoms with Crippen LogP contribution in [0.3, 0.4) is 0 Å². The third-order valence-corrected chi connectivity index (χ3v) is 2.57. The first-order valence-corrected chi connectivity index (χ1v) is 5.08. The first-order valence-electron chi connectivity index (χ1n) is 5.08. The Morgan fingerprint density at radius 1 is 1.73 bits per heavy atom. The van der Waals surface area contributed by atoms with Gasteiger partial charge in [0.2, 0.25) is 5.89 Å². The average molecular weight is 210 g/mol. The van der Waals surface area contributed by atoms with Crippen molar-refractivity contribution in [3.05, 3.63) is 17.3 Å². The van der Waals surface area contributed by atoms with E-state index in [4.69, 9.17) is 9.52 Å². The van der Waals surface area contributed by atoms with Crippen LogP contribution >= 0.6 is 0 Å². The van der Waals surface area contributed by atoms with Crippen LogP contribution in [0.5, 0.6) is 0 Å². The highest BCUT2D eigenvalue weighted by Crippen LogP contribution is 2.25. The zero-order chi connectivity index (χ0) is 10.8. The predicted molar refractivity (Wildman–Crippen MR) is 52.6 cm³/mol.